The van der Waals surface area contributed by atoms with E-state index in [2.05, 4.69) is 10.3 Å². The zero-order valence-corrected chi connectivity index (χ0v) is 13.6. The Balaban J connectivity index is 2.21. The Labute approximate surface area is 148 Å². The molecular weight excluding hydrogens is 375 g/mol. The first-order valence-electron chi connectivity index (χ1n) is 7.13. The summed E-state index contributed by atoms with van der Waals surface area (Å²) in [7, 11) is 0. The number of aromatic nitrogens is 1. The standard InChI is InChI=1S/C17H9F5N2OS/c18-10-4-2-5-11(19)15(10)14-9(17(20,21)22)3-1-6-12(14)24-16(25)13-7-23-8-26-13/h1-8H,(H,24,25). The smallest absolute Gasteiger partial charge is 0.321 e. The number of anilines is 1. The first-order valence-corrected chi connectivity index (χ1v) is 8.01. The van der Waals surface area contributed by atoms with Crippen molar-refractivity contribution < 1.29 is 26.7 Å². The van der Waals surface area contributed by atoms with Gasteiger partial charge in [0.25, 0.3) is 5.91 Å². The van der Waals surface area contributed by atoms with Crippen molar-refractivity contribution in [3.8, 4) is 11.1 Å². The third-order valence-electron chi connectivity index (χ3n) is 3.49. The highest BCUT2D eigenvalue weighted by atomic mass is 32.1. The van der Waals surface area contributed by atoms with Crippen LogP contribution in [0.15, 0.2) is 48.1 Å². The molecule has 3 nitrogen and oxygen atoms in total. The minimum atomic E-state index is -4.88. The summed E-state index contributed by atoms with van der Waals surface area (Å²) in [6.07, 6.45) is -3.65. The molecule has 1 heterocycles. The molecule has 0 aliphatic rings. The van der Waals surface area contributed by atoms with Crippen molar-refractivity contribution in [2.45, 2.75) is 6.18 Å². The van der Waals surface area contributed by atoms with Crippen LogP contribution in [0.5, 0.6) is 0 Å². The molecule has 1 aromatic heterocycles. The quantitative estimate of drug-likeness (QED) is 0.618. The Morgan fingerprint density at radius 2 is 1.65 bits per heavy atom. The molecular formula is C17H9F5N2OS. The van der Waals surface area contributed by atoms with E-state index in [0.29, 0.717) is 6.07 Å². The zero-order chi connectivity index (χ0) is 18.9. The predicted molar refractivity (Wildman–Crippen MR) is 86.9 cm³/mol. The van der Waals surface area contributed by atoms with Gasteiger partial charge in [-0.1, -0.05) is 12.1 Å². The maximum absolute atomic E-state index is 14.2. The van der Waals surface area contributed by atoms with Gasteiger partial charge in [0, 0.05) is 11.3 Å². The van der Waals surface area contributed by atoms with Gasteiger partial charge < -0.3 is 5.32 Å². The van der Waals surface area contributed by atoms with Crippen LogP contribution in [0.3, 0.4) is 0 Å². The van der Waals surface area contributed by atoms with Crippen LogP contribution < -0.4 is 5.32 Å². The van der Waals surface area contributed by atoms with Crippen molar-refractivity contribution in [2.75, 3.05) is 5.32 Å². The summed E-state index contributed by atoms with van der Waals surface area (Å²) in [6, 6.07) is 5.63. The molecule has 1 N–H and O–H groups in total. The second-order valence-electron chi connectivity index (χ2n) is 5.14. The van der Waals surface area contributed by atoms with E-state index in [1.807, 2.05) is 0 Å². The van der Waals surface area contributed by atoms with Crippen LogP contribution in [0.25, 0.3) is 11.1 Å². The van der Waals surface area contributed by atoms with E-state index in [-0.39, 0.29) is 10.6 Å². The summed E-state index contributed by atoms with van der Waals surface area (Å²) in [5.74, 6) is -3.07. The van der Waals surface area contributed by atoms with Crippen molar-refractivity contribution in [3.05, 3.63) is 70.2 Å². The van der Waals surface area contributed by atoms with Crippen LogP contribution in [0.2, 0.25) is 0 Å². The fourth-order valence-corrected chi connectivity index (χ4v) is 2.93. The minimum absolute atomic E-state index is 0.141. The maximum Gasteiger partial charge on any atom is 0.417 e. The summed E-state index contributed by atoms with van der Waals surface area (Å²) < 4.78 is 68.6. The predicted octanol–water partition coefficient (Wildman–Crippen LogP) is 5.36. The molecule has 0 spiro atoms. The van der Waals surface area contributed by atoms with Gasteiger partial charge in [-0.2, -0.15) is 13.2 Å². The Morgan fingerprint density at radius 1 is 1.00 bits per heavy atom. The molecule has 134 valence electrons. The van der Waals surface area contributed by atoms with Gasteiger partial charge in [0.15, 0.2) is 0 Å². The largest absolute Gasteiger partial charge is 0.417 e. The number of rotatable bonds is 3. The van der Waals surface area contributed by atoms with Crippen LogP contribution in [0.1, 0.15) is 15.2 Å². The number of alkyl halides is 3. The van der Waals surface area contributed by atoms with Crippen molar-refractivity contribution in [3.63, 3.8) is 0 Å². The van der Waals surface area contributed by atoms with Crippen LogP contribution in [-0.2, 0) is 6.18 Å². The molecule has 0 atom stereocenters. The lowest BCUT2D eigenvalue weighted by molar-refractivity contribution is -0.137. The fraction of sp³-hybridized carbons (Fsp3) is 0.0588. The average molecular weight is 384 g/mol. The lowest BCUT2D eigenvalue weighted by Gasteiger charge is -2.18. The van der Waals surface area contributed by atoms with E-state index in [9.17, 15) is 26.7 Å². The highest BCUT2D eigenvalue weighted by molar-refractivity contribution is 7.11. The van der Waals surface area contributed by atoms with Crippen LogP contribution >= 0.6 is 11.3 Å². The maximum atomic E-state index is 14.2. The van der Waals surface area contributed by atoms with Gasteiger partial charge in [0.2, 0.25) is 0 Å². The van der Waals surface area contributed by atoms with Crippen molar-refractivity contribution >= 4 is 22.9 Å². The number of benzene rings is 2. The van der Waals surface area contributed by atoms with Crippen molar-refractivity contribution in [2.24, 2.45) is 0 Å². The molecule has 3 aromatic rings. The molecule has 26 heavy (non-hydrogen) atoms. The third kappa shape index (κ3) is 3.43. The molecule has 0 fully saturated rings. The van der Waals surface area contributed by atoms with E-state index in [1.54, 1.807) is 0 Å². The Bertz CT molecular complexity index is 934. The summed E-state index contributed by atoms with van der Waals surface area (Å²) in [4.78, 5) is 16.0. The Morgan fingerprint density at radius 3 is 2.23 bits per heavy atom. The molecule has 0 aliphatic heterocycles. The topological polar surface area (TPSA) is 42.0 Å². The second-order valence-corrected chi connectivity index (χ2v) is 6.03. The van der Waals surface area contributed by atoms with Crippen LogP contribution in [0.4, 0.5) is 27.6 Å². The van der Waals surface area contributed by atoms with E-state index in [4.69, 9.17) is 0 Å². The number of nitrogens with zero attached hydrogens (tertiary/aromatic N) is 1. The molecule has 2 aromatic carbocycles. The number of amides is 1. The zero-order valence-electron chi connectivity index (χ0n) is 12.8. The van der Waals surface area contributed by atoms with Crippen LogP contribution in [0, 0.1) is 11.6 Å². The fourth-order valence-electron chi connectivity index (χ4n) is 2.41. The van der Waals surface area contributed by atoms with Gasteiger partial charge >= 0.3 is 6.18 Å². The molecule has 3 rings (SSSR count). The van der Waals surface area contributed by atoms with Crippen molar-refractivity contribution in [1.29, 1.82) is 0 Å². The summed E-state index contributed by atoms with van der Waals surface area (Å²) in [5.41, 5.74) is -1.88. The summed E-state index contributed by atoms with van der Waals surface area (Å²) in [6.45, 7) is 0. The van der Waals surface area contributed by atoms with Crippen molar-refractivity contribution in [1.82, 2.24) is 4.98 Å². The first-order chi connectivity index (χ1) is 12.3. The number of thiazole rings is 1. The SMILES string of the molecule is O=C(Nc1cccc(C(F)(F)F)c1-c1c(F)cccc1F)c1cncs1. The lowest BCUT2D eigenvalue weighted by atomic mass is 9.96. The average Bonchev–Trinajstić information content (AvgIpc) is 3.09. The van der Waals surface area contributed by atoms with E-state index in [1.165, 1.54) is 11.7 Å². The highest BCUT2D eigenvalue weighted by Crippen LogP contribution is 2.43. The van der Waals surface area contributed by atoms with E-state index in [0.717, 1.165) is 41.7 Å². The third-order valence-corrected chi connectivity index (χ3v) is 4.26. The number of carbonyl (C=O) groups is 1. The summed E-state index contributed by atoms with van der Waals surface area (Å²) >= 11 is 0.974. The number of hydrogen-bond acceptors (Lipinski definition) is 3. The number of halogens is 5. The number of hydrogen-bond donors (Lipinski definition) is 1. The lowest BCUT2D eigenvalue weighted by Crippen LogP contribution is -2.15. The number of nitrogens with one attached hydrogen (secondary N) is 1. The normalized spacial score (nSPS) is 11.4. The molecule has 0 unspecified atom stereocenters. The minimum Gasteiger partial charge on any atom is -0.321 e. The number of carbonyl (C=O) groups excluding carboxylic acids is 1. The van der Waals surface area contributed by atoms with Gasteiger partial charge in [0.05, 0.1) is 22.8 Å². The highest BCUT2D eigenvalue weighted by Gasteiger charge is 2.36. The van der Waals surface area contributed by atoms with Crippen LogP contribution in [-0.4, -0.2) is 10.9 Å². The summed E-state index contributed by atoms with van der Waals surface area (Å²) in [5, 5.41) is 2.28. The second kappa shape index (κ2) is 6.83. The molecule has 0 saturated carbocycles. The van der Waals surface area contributed by atoms with Gasteiger partial charge in [-0.25, -0.2) is 8.78 Å². The Hall–Kier alpha value is -2.81. The Kier molecular flexibility index (Phi) is 4.73. The monoisotopic (exact) mass is 384 g/mol. The first kappa shape index (κ1) is 18.0. The molecule has 9 heteroatoms. The molecule has 0 saturated heterocycles. The van der Waals surface area contributed by atoms with Gasteiger partial charge in [-0.05, 0) is 24.3 Å². The molecule has 0 radical (unpaired) electrons. The van der Waals surface area contributed by atoms with Gasteiger partial charge in [0.1, 0.15) is 16.5 Å². The molecule has 0 bridgehead atoms. The van der Waals surface area contributed by atoms with Gasteiger partial charge in [-0.3, -0.25) is 9.78 Å². The van der Waals surface area contributed by atoms with E-state index >= 15 is 0 Å². The molecule has 1 amide bonds. The van der Waals surface area contributed by atoms with E-state index < -0.39 is 40.4 Å². The molecule has 0 aliphatic carbocycles. The van der Waals surface area contributed by atoms with Gasteiger partial charge in [-0.15, -0.1) is 11.3 Å².